The number of aliphatic hydroxyl groups is 5. The van der Waals surface area contributed by atoms with E-state index >= 15 is 0 Å². The van der Waals surface area contributed by atoms with E-state index in [9.17, 15) is 56.2 Å². The van der Waals surface area contributed by atoms with E-state index < -0.39 is 12.2 Å². The van der Waals surface area contributed by atoms with Crippen LogP contribution in [0.5, 0.6) is 34.5 Å². The zero-order valence-corrected chi connectivity index (χ0v) is 79.3. The highest BCUT2D eigenvalue weighted by Gasteiger charge is 2.28. The second kappa shape index (κ2) is 54.2. The van der Waals surface area contributed by atoms with Gasteiger partial charge in [-0.2, -0.15) is 0 Å². The molecule has 0 saturated heterocycles. The summed E-state index contributed by atoms with van der Waals surface area (Å²) in [5.41, 5.74) is 19.5. The Morgan fingerprint density at radius 1 is 0.331 bits per heavy atom. The minimum absolute atomic E-state index is 0.0120. The molecule has 1 unspecified atom stereocenters. The van der Waals surface area contributed by atoms with E-state index in [4.69, 9.17) is 0 Å². The minimum Gasteiger partial charge on any atom is -0.508 e. The third-order valence-corrected chi connectivity index (χ3v) is 23.9. The number of hydrogen-bond acceptors (Lipinski definition) is 17. The fourth-order valence-electron chi connectivity index (χ4n) is 15.9. The summed E-state index contributed by atoms with van der Waals surface area (Å²) in [6.07, 6.45) is 5.28. The van der Waals surface area contributed by atoms with Crippen LogP contribution in [0.4, 0.5) is 0 Å². The van der Waals surface area contributed by atoms with Gasteiger partial charge in [0.25, 0.3) is 0 Å². The monoisotopic (exact) mass is 1800 g/mol. The molecule has 1 aliphatic carbocycles. The molecule has 0 saturated carbocycles. The topological polar surface area (TPSA) is 295 Å². The number of phenols is 6. The summed E-state index contributed by atoms with van der Waals surface area (Å²) in [5, 5.41) is 131. The molecule has 17 heteroatoms. The minimum atomic E-state index is -0.685. The van der Waals surface area contributed by atoms with E-state index in [0.717, 1.165) is 111 Å². The van der Waals surface area contributed by atoms with Crippen molar-refractivity contribution < 1.29 is 56.2 Å². The van der Waals surface area contributed by atoms with Crippen molar-refractivity contribution in [1.29, 1.82) is 0 Å². The van der Waals surface area contributed by atoms with E-state index in [2.05, 4.69) is 149 Å². The van der Waals surface area contributed by atoms with E-state index in [1.807, 2.05) is 257 Å². The third-order valence-electron chi connectivity index (χ3n) is 23.9. The van der Waals surface area contributed by atoms with E-state index in [1.165, 1.54) is 33.4 Å². The lowest BCUT2D eigenvalue weighted by atomic mass is 9.79. The number of aromatic hydroxyl groups is 6. The Morgan fingerprint density at radius 3 is 1.12 bits per heavy atom. The molecule has 17 nitrogen and oxygen atoms in total. The number of fused-ring (bicyclic) bond motifs is 1. The molecule has 1 aliphatic rings. The quantitative estimate of drug-likeness (QED) is 0.0176. The highest BCUT2D eigenvalue weighted by molar-refractivity contribution is 5.73. The molecule has 17 N–H and O–H groups in total. The number of allylic oxidation sites excluding steroid dienone is 1. The van der Waals surface area contributed by atoms with Gasteiger partial charge in [0.15, 0.2) is 0 Å². The van der Waals surface area contributed by atoms with Crippen LogP contribution in [0.25, 0.3) is 5.57 Å². The van der Waals surface area contributed by atoms with Crippen LogP contribution in [-0.4, -0.2) is 100 Å². The lowest BCUT2D eigenvalue weighted by Gasteiger charge is -2.28. The molecule has 0 fully saturated rings. The molecule has 133 heavy (non-hydrogen) atoms. The Balaban J connectivity index is 0.000000180. The van der Waals surface area contributed by atoms with Gasteiger partial charge in [-0.3, -0.25) is 0 Å². The normalized spacial score (nSPS) is 13.4. The van der Waals surface area contributed by atoms with Crippen molar-refractivity contribution in [2.45, 2.75) is 207 Å². The van der Waals surface area contributed by atoms with Gasteiger partial charge in [0.1, 0.15) is 34.5 Å². The summed E-state index contributed by atoms with van der Waals surface area (Å²) in [4.78, 5) is 0. The fraction of sp³-hybridized carbons (Fsp3) is 0.310. The van der Waals surface area contributed by atoms with Crippen LogP contribution >= 0.6 is 0 Å². The Hall–Kier alpha value is -12.0. The van der Waals surface area contributed by atoms with Gasteiger partial charge in [-0.05, 0) is 154 Å². The van der Waals surface area contributed by atoms with Crippen molar-refractivity contribution in [2.24, 2.45) is 5.92 Å². The fourth-order valence-corrected chi connectivity index (χ4v) is 15.9. The lowest BCUT2D eigenvalue weighted by molar-refractivity contribution is 0.127. The van der Waals surface area contributed by atoms with Crippen LogP contribution in [-0.2, 0) is 69.4 Å². The molecular formula is C116H142N6O11. The maximum Gasteiger partial charge on any atom is 0.123 e. The Kier molecular flexibility index (Phi) is 42.7. The van der Waals surface area contributed by atoms with E-state index in [-0.39, 0.29) is 78.1 Å². The van der Waals surface area contributed by atoms with Gasteiger partial charge in [0, 0.05) is 96.8 Å². The molecule has 0 spiro atoms. The lowest BCUT2D eigenvalue weighted by Crippen LogP contribution is -2.34. The second-order valence-corrected chi connectivity index (χ2v) is 36.5. The Morgan fingerprint density at radius 2 is 0.699 bits per heavy atom. The molecule has 14 rings (SSSR count). The molecular weight excluding hydrogens is 1650 g/mol. The van der Waals surface area contributed by atoms with Gasteiger partial charge in [-0.15, -0.1) is 0 Å². The molecule has 0 radical (unpaired) electrons. The van der Waals surface area contributed by atoms with Crippen LogP contribution in [0.15, 0.2) is 334 Å². The highest BCUT2D eigenvalue weighted by atomic mass is 16.3. The summed E-state index contributed by atoms with van der Waals surface area (Å²) < 4.78 is 0. The zero-order valence-electron chi connectivity index (χ0n) is 79.3. The third kappa shape index (κ3) is 33.9. The van der Waals surface area contributed by atoms with Gasteiger partial charge in [0.2, 0.25) is 0 Å². The molecule has 0 bridgehead atoms. The number of hydrogen-bond donors (Lipinski definition) is 17. The molecule has 702 valence electrons. The molecule has 8 atom stereocenters. The van der Waals surface area contributed by atoms with Gasteiger partial charge in [-0.25, -0.2) is 0 Å². The first-order valence-electron chi connectivity index (χ1n) is 46.4. The molecule has 0 heterocycles. The highest BCUT2D eigenvalue weighted by Crippen LogP contribution is 2.39. The van der Waals surface area contributed by atoms with Gasteiger partial charge >= 0.3 is 0 Å². The summed E-state index contributed by atoms with van der Waals surface area (Å²) in [5.74, 6) is 2.47. The van der Waals surface area contributed by atoms with Crippen molar-refractivity contribution in [1.82, 2.24) is 31.9 Å². The second-order valence-electron chi connectivity index (χ2n) is 36.5. The first-order valence-corrected chi connectivity index (χ1v) is 46.4. The van der Waals surface area contributed by atoms with Crippen molar-refractivity contribution in [3.63, 3.8) is 0 Å². The maximum atomic E-state index is 10.9. The van der Waals surface area contributed by atoms with Crippen LogP contribution in [0, 0.1) is 19.8 Å². The molecule has 13 aromatic rings. The smallest absolute Gasteiger partial charge is 0.123 e. The average molecular weight is 1800 g/mol. The van der Waals surface area contributed by atoms with Gasteiger partial charge in [0.05, 0.1) is 44.1 Å². The maximum absolute atomic E-state index is 10.9. The standard InChI is InChI=1S/C22H23NO2.C21H21NO2.C21H37NO.C19H21NO2.C17H21NO2.C16H19NO2/c1-16-9-8-14-19(21(16)24)15-23-20(17-10-4-2-5-11-17)22(25)18-12-6-3-7-13-18;23-19-14-8-7-13-18(19)15-22-20(16-9-3-1-4-10-16)21(24)17-11-5-2-6-12-17;1-10-18(14(2)3)22-13-15-11-16(20(4,5)6)12-17(19(15)23)21(7,8)9;21-13-17(20-12-16-6-2-4-8-19(16)22)11-15-10-9-14-5-1-3-7-18(14)15;1-13-7-8-17(20)15(9-13)11-18-16(12-19)10-14-5-3-2-4-6-14;18-12-15(10-13-6-2-1-3-7-13)17-11-14-8-4-5-9-16(14)19/h2-14,20,22-25H,15H2,1H3;1-14,20-24H,15H2;11-12,14,18,22-23H,10,13H2,1-9H3;1-8,10,17,20-22H,9,11-13H2;2-9,16,18-20H,10-12H2,1H3;1-9,15,17-19H,10-12H2/t20-,22+;20-,21+;18-;;16-;15-/m111.00/s1. The number of rotatable bonds is 35. The summed E-state index contributed by atoms with van der Waals surface area (Å²) in [6.45, 7) is 27.3. The summed E-state index contributed by atoms with van der Waals surface area (Å²) in [7, 11) is 0. The predicted octanol–water partition coefficient (Wildman–Crippen LogP) is 21.1. The number of aryl methyl sites for hydroxylation is 2. The van der Waals surface area contributed by atoms with E-state index in [1.54, 1.807) is 36.4 Å². The first-order chi connectivity index (χ1) is 64.0. The van der Waals surface area contributed by atoms with Crippen LogP contribution in [0.2, 0.25) is 0 Å². The zero-order chi connectivity index (χ0) is 95.7. The Bertz CT molecular complexity index is 5560. The SMILES string of the molecule is CC[C@@H](NCc1cc(C(C)(C)C)cc(C(C)(C)C)c1O)C(C)C.Cc1ccc(O)c(CN[C@H](CO)Cc2ccccc2)c1.Cc1cccc(CN[C@H](c2ccccc2)[C@@H](O)c2ccccc2)c1O.OCC(CC1=CCc2ccccc21)NCc1ccccc1O.OC[C@H](Cc1ccccc1)NCc1ccccc1O.Oc1ccccc1CN[C@H](c1ccccc1)[C@@H](O)c1ccccc1. The molecule has 0 aromatic heterocycles. The van der Waals surface area contributed by atoms with Crippen LogP contribution in [0.3, 0.4) is 0 Å². The number of para-hydroxylation sites is 4. The summed E-state index contributed by atoms with van der Waals surface area (Å²) in [6, 6.07) is 105. The average Bonchev–Trinajstić information content (AvgIpc) is 1.37. The number of nitrogens with one attached hydrogen (secondary N) is 6. The first kappa shape index (κ1) is 105. The largest absolute Gasteiger partial charge is 0.508 e. The summed E-state index contributed by atoms with van der Waals surface area (Å²) >= 11 is 0. The number of aliphatic hydroxyl groups excluding tert-OH is 5. The van der Waals surface area contributed by atoms with Crippen molar-refractivity contribution in [3.05, 3.63) is 434 Å². The van der Waals surface area contributed by atoms with Crippen molar-refractivity contribution in [3.8, 4) is 34.5 Å². The van der Waals surface area contributed by atoms with E-state index in [0.29, 0.717) is 61.9 Å². The Labute approximate surface area is 789 Å². The van der Waals surface area contributed by atoms with Crippen LogP contribution < -0.4 is 31.9 Å². The van der Waals surface area contributed by atoms with Crippen molar-refractivity contribution >= 4 is 5.57 Å². The van der Waals surface area contributed by atoms with Gasteiger partial charge in [-0.1, -0.05) is 377 Å². The molecule has 0 amide bonds. The molecule has 13 aromatic carbocycles. The number of phenolic OH excluding ortho intramolecular Hbond substituents is 6. The number of benzene rings is 13. The van der Waals surface area contributed by atoms with Crippen LogP contribution in [0.1, 0.15) is 200 Å². The predicted molar refractivity (Wildman–Crippen MR) is 542 cm³/mol. The van der Waals surface area contributed by atoms with Crippen molar-refractivity contribution in [2.75, 3.05) is 19.8 Å². The van der Waals surface area contributed by atoms with Gasteiger partial charge < -0.3 is 88.1 Å². The molecule has 0 aliphatic heterocycles.